The molecule has 51 heavy (non-hydrogen) atoms. The third-order valence-electron chi connectivity index (χ3n) is 9.65. The van der Waals surface area contributed by atoms with Crippen molar-refractivity contribution in [2.45, 2.75) is 244 Å². The summed E-state index contributed by atoms with van der Waals surface area (Å²) in [5, 5.41) is 11.1. The summed E-state index contributed by atoms with van der Waals surface area (Å²) >= 11 is 1.14. The largest absolute Gasteiger partial charge is 0.647 e. The number of thiocyanates is 1. The number of thioether (sulfide) groups is 1. The zero-order chi connectivity index (χ0) is 37.3. The van der Waals surface area contributed by atoms with E-state index in [1.165, 1.54) is 154 Å². The summed E-state index contributed by atoms with van der Waals surface area (Å²) in [6.07, 6.45) is 40.2. The number of carbonyl (C=O) groups excluding carboxylic acids is 2. The lowest BCUT2D eigenvalue weighted by molar-refractivity contribution is -0.238. The summed E-state index contributed by atoms with van der Waals surface area (Å²) in [6, 6.07) is 0. The Hall–Kier alpha value is -1.08. The van der Waals surface area contributed by atoms with Gasteiger partial charge in [0.15, 0.2) is 0 Å². The highest BCUT2D eigenvalue weighted by Crippen LogP contribution is 2.18. The molecule has 9 heteroatoms. The summed E-state index contributed by atoms with van der Waals surface area (Å²) < 4.78 is 16.4. The van der Waals surface area contributed by atoms with Crippen LogP contribution in [0, 0.1) is 10.7 Å². The predicted octanol–water partition coefficient (Wildman–Crippen LogP) is 13.6. The van der Waals surface area contributed by atoms with Crippen molar-refractivity contribution in [3.63, 3.8) is 0 Å². The molecule has 0 aliphatic carbocycles. The van der Waals surface area contributed by atoms with E-state index in [9.17, 15) is 9.59 Å². The molecule has 1 atom stereocenters. The lowest BCUT2D eigenvalue weighted by Gasteiger charge is -2.17. The monoisotopic (exact) mass is 756 g/mol. The average Bonchev–Trinajstić information content (AvgIpc) is 3.11. The maximum atomic E-state index is 12.6. The van der Waals surface area contributed by atoms with Gasteiger partial charge in [0.2, 0.25) is 0 Å². The fourth-order valence-electron chi connectivity index (χ4n) is 6.42. The van der Waals surface area contributed by atoms with Gasteiger partial charge in [-0.05, 0) is 31.0 Å². The molecular weight excluding hydrogens is 675 g/mol. The van der Waals surface area contributed by atoms with Gasteiger partial charge in [0, 0.05) is 18.1 Å². The van der Waals surface area contributed by atoms with E-state index in [1.807, 2.05) is 6.92 Å². The third-order valence-corrected chi connectivity index (χ3v) is 11.7. The SMILES string of the molecule is CCCCCCCCCCCCCCCCCC(=O)O[SiH](OOCC(CCC)SC#N)OC(=O)CCCCCCCCCCCCCCCCC. The molecule has 0 amide bonds. The van der Waals surface area contributed by atoms with E-state index in [1.54, 1.807) is 0 Å². The van der Waals surface area contributed by atoms with Gasteiger partial charge in [-0.1, -0.05) is 207 Å². The first kappa shape index (κ1) is 49.9. The Bertz CT molecular complexity index is 750. The number of nitriles is 1. The Balaban J connectivity index is 4.17. The minimum atomic E-state index is -3.15. The normalized spacial score (nSPS) is 11.9. The quantitative estimate of drug-likeness (QED) is 0.0200. The fourth-order valence-corrected chi connectivity index (χ4v) is 8.03. The van der Waals surface area contributed by atoms with Gasteiger partial charge in [-0.3, -0.25) is 9.59 Å². The molecule has 0 rings (SSSR count). The van der Waals surface area contributed by atoms with Crippen LogP contribution in [0.25, 0.3) is 0 Å². The van der Waals surface area contributed by atoms with Crippen LogP contribution in [0.15, 0.2) is 0 Å². The van der Waals surface area contributed by atoms with Crippen LogP contribution in [0.5, 0.6) is 0 Å². The fraction of sp³-hybridized carbons (Fsp3) is 0.929. The number of hydrogen-bond donors (Lipinski definition) is 0. The second-order valence-corrected chi connectivity index (χ2v) is 17.0. The molecule has 0 radical (unpaired) electrons. The Kier molecular flexibility index (Phi) is 40.8. The van der Waals surface area contributed by atoms with E-state index in [2.05, 4.69) is 19.2 Å². The molecule has 0 bridgehead atoms. The highest BCUT2D eigenvalue weighted by molar-refractivity contribution is 8.04. The molecule has 0 fully saturated rings. The smallest absolute Gasteiger partial charge is 0.465 e. The number of carbonyl (C=O) groups is 2. The first-order chi connectivity index (χ1) is 25.1. The molecule has 0 aromatic rings. The van der Waals surface area contributed by atoms with Crippen molar-refractivity contribution in [3.8, 4) is 5.40 Å². The summed E-state index contributed by atoms with van der Waals surface area (Å²) in [5.41, 5.74) is 0. The van der Waals surface area contributed by atoms with E-state index < -0.39 is 21.5 Å². The molecule has 0 saturated carbocycles. The van der Waals surface area contributed by atoms with E-state index in [4.69, 9.17) is 23.6 Å². The predicted molar refractivity (Wildman–Crippen MR) is 217 cm³/mol. The summed E-state index contributed by atoms with van der Waals surface area (Å²) in [7, 11) is -3.15. The van der Waals surface area contributed by atoms with Gasteiger partial charge in [-0.15, -0.1) is 0 Å². The van der Waals surface area contributed by atoms with Crippen LogP contribution in [-0.2, 0) is 27.9 Å². The van der Waals surface area contributed by atoms with E-state index in [-0.39, 0.29) is 24.7 Å². The molecular formula is C42H81NO6SSi. The third kappa shape index (κ3) is 38.5. The molecule has 0 saturated heterocycles. The standard InChI is InChI=1S/C42H81NO6SSi/c1-4-7-9-11-13-15-17-19-21-23-25-27-29-31-33-36-41(44)47-51(49-46-38-40(35-6-3)50-39-43)48-42(45)37-34-32-30-28-26-24-22-20-18-16-14-12-10-8-5-2/h40,51H,4-38H2,1-3H3. The summed E-state index contributed by atoms with van der Waals surface area (Å²) in [4.78, 5) is 30.6. The van der Waals surface area contributed by atoms with Crippen molar-refractivity contribution in [3.05, 3.63) is 0 Å². The van der Waals surface area contributed by atoms with Gasteiger partial charge in [0.25, 0.3) is 11.9 Å². The van der Waals surface area contributed by atoms with Crippen LogP contribution in [0.1, 0.15) is 239 Å². The van der Waals surface area contributed by atoms with Crippen molar-refractivity contribution in [1.29, 1.82) is 5.26 Å². The van der Waals surface area contributed by atoms with Crippen molar-refractivity contribution >= 4 is 33.2 Å². The second-order valence-electron chi connectivity index (χ2n) is 14.7. The molecule has 300 valence electrons. The molecule has 0 aliphatic heterocycles. The Morgan fingerprint density at radius 3 is 1.12 bits per heavy atom. The van der Waals surface area contributed by atoms with E-state index in [0.717, 1.165) is 63.1 Å². The van der Waals surface area contributed by atoms with Gasteiger partial charge < -0.3 is 8.85 Å². The number of nitrogens with zero attached hydrogens (tertiary/aromatic N) is 1. The summed E-state index contributed by atoms with van der Waals surface area (Å²) in [5.74, 6) is -0.803. The highest BCUT2D eigenvalue weighted by Gasteiger charge is 2.27. The lowest BCUT2D eigenvalue weighted by atomic mass is 10.0. The second kappa shape index (κ2) is 41.7. The van der Waals surface area contributed by atoms with Crippen LogP contribution < -0.4 is 0 Å². The van der Waals surface area contributed by atoms with Gasteiger partial charge in [-0.25, -0.2) is 9.46 Å². The van der Waals surface area contributed by atoms with Crippen molar-refractivity contribution in [2.24, 2.45) is 0 Å². The highest BCUT2D eigenvalue weighted by atomic mass is 32.2. The minimum Gasteiger partial charge on any atom is -0.465 e. The molecule has 0 heterocycles. The van der Waals surface area contributed by atoms with Crippen molar-refractivity contribution < 1.29 is 27.9 Å². The summed E-state index contributed by atoms with van der Waals surface area (Å²) in [6.45, 7) is 6.75. The molecule has 0 aliphatic rings. The van der Waals surface area contributed by atoms with Crippen LogP contribution in [-0.4, -0.2) is 33.3 Å². The van der Waals surface area contributed by atoms with Gasteiger partial charge in [-0.2, -0.15) is 5.26 Å². The van der Waals surface area contributed by atoms with E-state index in [0.29, 0.717) is 0 Å². The van der Waals surface area contributed by atoms with Gasteiger partial charge in [0.05, 0.1) is 6.61 Å². The zero-order valence-corrected chi connectivity index (χ0v) is 35.7. The Labute approximate surface area is 321 Å². The minimum absolute atomic E-state index is 0.0540. The van der Waals surface area contributed by atoms with Crippen LogP contribution >= 0.6 is 11.8 Å². The van der Waals surface area contributed by atoms with Crippen LogP contribution in [0.2, 0.25) is 0 Å². The molecule has 0 aromatic heterocycles. The van der Waals surface area contributed by atoms with Gasteiger partial charge >= 0.3 is 9.53 Å². The number of unbranched alkanes of at least 4 members (excludes halogenated alkanes) is 28. The number of rotatable bonds is 41. The molecule has 0 spiro atoms. The first-order valence-electron chi connectivity index (χ1n) is 21.8. The maximum Gasteiger partial charge on any atom is 0.647 e. The van der Waals surface area contributed by atoms with Gasteiger partial charge in [0.1, 0.15) is 5.40 Å². The van der Waals surface area contributed by atoms with E-state index >= 15 is 0 Å². The lowest BCUT2D eigenvalue weighted by Crippen LogP contribution is -2.33. The first-order valence-corrected chi connectivity index (χ1v) is 24.1. The Morgan fingerprint density at radius 2 is 0.824 bits per heavy atom. The van der Waals surface area contributed by atoms with Crippen molar-refractivity contribution in [2.75, 3.05) is 6.61 Å². The number of hydrogen-bond acceptors (Lipinski definition) is 8. The molecule has 0 aromatic carbocycles. The average molecular weight is 756 g/mol. The van der Waals surface area contributed by atoms with Crippen molar-refractivity contribution in [1.82, 2.24) is 0 Å². The topological polar surface area (TPSA) is 94.9 Å². The Morgan fingerprint density at radius 1 is 0.510 bits per heavy atom. The maximum absolute atomic E-state index is 12.6. The molecule has 7 nitrogen and oxygen atoms in total. The molecule has 0 N–H and O–H groups in total. The zero-order valence-electron chi connectivity index (χ0n) is 33.7. The molecule has 1 unspecified atom stereocenters. The van der Waals surface area contributed by atoms with Crippen LogP contribution in [0.4, 0.5) is 0 Å². The van der Waals surface area contributed by atoms with Crippen LogP contribution in [0.3, 0.4) is 0 Å².